The molecule has 0 aromatic heterocycles. The minimum atomic E-state index is -0.406. The molecule has 0 fully saturated rings. The zero-order valence-electron chi connectivity index (χ0n) is 15.0. The summed E-state index contributed by atoms with van der Waals surface area (Å²) in [6.45, 7) is 2.07. The first kappa shape index (κ1) is 20.5. The Morgan fingerprint density at radius 1 is 0.963 bits per heavy atom. The quantitative estimate of drug-likeness (QED) is 0.650. The number of carbonyl (C=O) groups excluding carboxylic acids is 3. The van der Waals surface area contributed by atoms with Crippen LogP contribution in [0.2, 0.25) is 5.02 Å². The second kappa shape index (κ2) is 10.3. The minimum absolute atomic E-state index is 0.0408. The minimum Gasteiger partial charge on any atom is -0.350 e. The summed E-state index contributed by atoms with van der Waals surface area (Å²) < 4.78 is 0. The number of hydrogen-bond acceptors (Lipinski definition) is 3. The van der Waals surface area contributed by atoms with Gasteiger partial charge in [-0.15, -0.1) is 0 Å². The molecule has 2 rings (SSSR count). The molecule has 7 heteroatoms. The lowest BCUT2D eigenvalue weighted by molar-refractivity contribution is -0.120. The third kappa shape index (κ3) is 6.75. The van der Waals surface area contributed by atoms with Crippen LogP contribution in [0.5, 0.6) is 0 Å². The summed E-state index contributed by atoms with van der Waals surface area (Å²) in [4.78, 5) is 35.6. The highest BCUT2D eigenvalue weighted by molar-refractivity contribution is 6.33. The number of halogens is 1. The van der Waals surface area contributed by atoms with Crippen LogP contribution in [0.3, 0.4) is 0 Å². The van der Waals surface area contributed by atoms with Crippen LogP contribution in [0, 0.1) is 0 Å². The van der Waals surface area contributed by atoms with Crippen LogP contribution in [-0.2, 0) is 16.1 Å². The fourth-order valence-corrected chi connectivity index (χ4v) is 2.60. The highest BCUT2D eigenvalue weighted by atomic mass is 35.5. The summed E-state index contributed by atoms with van der Waals surface area (Å²) in [6.07, 6.45) is 1.24. The molecular weight excluding hydrogens is 366 g/mol. The summed E-state index contributed by atoms with van der Waals surface area (Å²) in [6, 6.07) is 13.9. The van der Waals surface area contributed by atoms with Crippen molar-refractivity contribution in [3.63, 3.8) is 0 Å². The molecule has 0 saturated carbocycles. The Hall–Kier alpha value is -2.86. The molecule has 2 aromatic carbocycles. The molecule has 142 valence electrons. The largest absolute Gasteiger partial charge is 0.350 e. The van der Waals surface area contributed by atoms with Crippen LogP contribution in [0.4, 0.5) is 5.69 Å². The van der Waals surface area contributed by atoms with Crippen molar-refractivity contribution in [2.75, 3.05) is 11.9 Å². The molecular formula is C20H22ClN3O3. The van der Waals surface area contributed by atoms with Gasteiger partial charge in [0.25, 0.3) is 5.91 Å². The Bertz CT molecular complexity index is 824. The van der Waals surface area contributed by atoms with Gasteiger partial charge in [0.15, 0.2) is 0 Å². The van der Waals surface area contributed by atoms with Crippen molar-refractivity contribution in [1.82, 2.24) is 10.6 Å². The van der Waals surface area contributed by atoms with Gasteiger partial charge in [0.1, 0.15) is 0 Å². The zero-order chi connectivity index (χ0) is 19.6. The number of hydrogen-bond donors (Lipinski definition) is 3. The Morgan fingerprint density at radius 2 is 1.74 bits per heavy atom. The summed E-state index contributed by atoms with van der Waals surface area (Å²) in [7, 11) is 0. The standard InChI is InChI=1S/C20H22ClN3O3/c1-2-6-18(25)24-15-8-5-7-14(11-15)12-22-19(26)13-23-20(27)16-9-3-4-10-17(16)21/h3-5,7-11H,2,6,12-13H2,1H3,(H,22,26)(H,23,27)(H,24,25). The van der Waals surface area contributed by atoms with Gasteiger partial charge in [0.05, 0.1) is 17.1 Å². The fourth-order valence-electron chi connectivity index (χ4n) is 2.37. The van der Waals surface area contributed by atoms with Gasteiger partial charge >= 0.3 is 0 Å². The molecule has 0 saturated heterocycles. The zero-order valence-corrected chi connectivity index (χ0v) is 15.8. The van der Waals surface area contributed by atoms with Crippen molar-refractivity contribution >= 4 is 35.0 Å². The molecule has 0 spiro atoms. The van der Waals surface area contributed by atoms with Crippen LogP contribution < -0.4 is 16.0 Å². The number of rotatable bonds is 8. The van der Waals surface area contributed by atoms with Crippen LogP contribution in [0.1, 0.15) is 35.7 Å². The molecule has 3 amide bonds. The number of anilines is 1. The van der Waals surface area contributed by atoms with Crippen molar-refractivity contribution < 1.29 is 14.4 Å². The van der Waals surface area contributed by atoms with E-state index in [1.54, 1.807) is 36.4 Å². The molecule has 27 heavy (non-hydrogen) atoms. The number of nitrogens with one attached hydrogen (secondary N) is 3. The summed E-state index contributed by atoms with van der Waals surface area (Å²) >= 11 is 5.95. The van der Waals surface area contributed by atoms with Crippen molar-refractivity contribution in [3.05, 3.63) is 64.7 Å². The number of amides is 3. The molecule has 3 N–H and O–H groups in total. The van der Waals surface area contributed by atoms with Gasteiger partial charge in [0, 0.05) is 18.7 Å². The van der Waals surface area contributed by atoms with E-state index >= 15 is 0 Å². The van der Waals surface area contributed by atoms with Gasteiger partial charge in [-0.25, -0.2) is 0 Å². The average molecular weight is 388 g/mol. The first-order chi connectivity index (χ1) is 13.0. The molecule has 0 unspecified atom stereocenters. The van der Waals surface area contributed by atoms with E-state index < -0.39 is 5.91 Å². The third-order valence-corrected chi connectivity index (χ3v) is 4.04. The van der Waals surface area contributed by atoms with Crippen molar-refractivity contribution in [1.29, 1.82) is 0 Å². The van der Waals surface area contributed by atoms with E-state index in [1.165, 1.54) is 0 Å². The average Bonchev–Trinajstić information content (AvgIpc) is 2.65. The van der Waals surface area contributed by atoms with E-state index in [2.05, 4.69) is 16.0 Å². The SMILES string of the molecule is CCCC(=O)Nc1cccc(CNC(=O)CNC(=O)c2ccccc2Cl)c1. The predicted octanol–water partition coefficient (Wildman–Crippen LogP) is 3.12. The molecule has 0 aliphatic rings. The van der Waals surface area contributed by atoms with Gasteiger partial charge in [-0.05, 0) is 36.2 Å². The number of carbonyl (C=O) groups is 3. The van der Waals surface area contributed by atoms with E-state index in [0.717, 1.165) is 12.0 Å². The van der Waals surface area contributed by atoms with Crippen molar-refractivity contribution in [2.45, 2.75) is 26.3 Å². The summed E-state index contributed by atoms with van der Waals surface area (Å²) in [5.74, 6) is -0.770. The number of benzene rings is 2. The first-order valence-electron chi connectivity index (χ1n) is 8.67. The fraction of sp³-hybridized carbons (Fsp3) is 0.250. The van der Waals surface area contributed by atoms with Crippen LogP contribution >= 0.6 is 11.6 Å². The molecule has 2 aromatic rings. The Kier molecular flexibility index (Phi) is 7.82. The van der Waals surface area contributed by atoms with Gasteiger partial charge in [-0.3, -0.25) is 14.4 Å². The lowest BCUT2D eigenvalue weighted by atomic mass is 10.2. The highest BCUT2D eigenvalue weighted by Gasteiger charge is 2.11. The van der Waals surface area contributed by atoms with Gasteiger partial charge < -0.3 is 16.0 Å². The van der Waals surface area contributed by atoms with E-state index in [9.17, 15) is 14.4 Å². The van der Waals surface area contributed by atoms with Gasteiger partial charge in [0.2, 0.25) is 11.8 Å². The summed E-state index contributed by atoms with van der Waals surface area (Å²) in [5.41, 5.74) is 1.85. The van der Waals surface area contributed by atoms with E-state index in [1.807, 2.05) is 19.1 Å². The molecule has 0 heterocycles. The molecule has 0 atom stereocenters. The molecule has 0 bridgehead atoms. The van der Waals surface area contributed by atoms with Crippen LogP contribution in [-0.4, -0.2) is 24.3 Å². The van der Waals surface area contributed by atoms with Crippen molar-refractivity contribution in [3.8, 4) is 0 Å². The molecule has 0 radical (unpaired) electrons. The Morgan fingerprint density at radius 3 is 2.48 bits per heavy atom. The smallest absolute Gasteiger partial charge is 0.253 e. The van der Waals surface area contributed by atoms with Crippen molar-refractivity contribution in [2.24, 2.45) is 0 Å². The lowest BCUT2D eigenvalue weighted by Crippen LogP contribution is -2.36. The van der Waals surface area contributed by atoms with Gasteiger partial charge in [-0.2, -0.15) is 0 Å². The Labute approximate surface area is 163 Å². The van der Waals surface area contributed by atoms with Gasteiger partial charge in [-0.1, -0.05) is 42.8 Å². The lowest BCUT2D eigenvalue weighted by Gasteiger charge is -2.09. The normalized spacial score (nSPS) is 10.1. The highest BCUT2D eigenvalue weighted by Crippen LogP contribution is 2.14. The summed E-state index contributed by atoms with van der Waals surface area (Å²) in [5, 5.41) is 8.41. The molecule has 0 aliphatic carbocycles. The van der Waals surface area contributed by atoms with E-state index in [-0.39, 0.29) is 24.9 Å². The van der Waals surface area contributed by atoms with E-state index in [4.69, 9.17) is 11.6 Å². The molecule has 0 aliphatic heterocycles. The predicted molar refractivity (Wildman–Crippen MR) is 106 cm³/mol. The maximum atomic E-state index is 12.0. The van der Waals surface area contributed by atoms with Crippen LogP contribution in [0.25, 0.3) is 0 Å². The first-order valence-corrected chi connectivity index (χ1v) is 9.05. The maximum Gasteiger partial charge on any atom is 0.253 e. The monoisotopic (exact) mass is 387 g/mol. The second-order valence-electron chi connectivity index (χ2n) is 5.94. The molecule has 6 nitrogen and oxygen atoms in total. The Balaban J connectivity index is 1.81. The van der Waals surface area contributed by atoms with E-state index in [0.29, 0.717) is 22.7 Å². The maximum absolute atomic E-state index is 12.0. The third-order valence-electron chi connectivity index (χ3n) is 3.71. The second-order valence-corrected chi connectivity index (χ2v) is 6.35. The topological polar surface area (TPSA) is 87.3 Å². The van der Waals surface area contributed by atoms with Crippen LogP contribution in [0.15, 0.2) is 48.5 Å².